The summed E-state index contributed by atoms with van der Waals surface area (Å²) in [6.07, 6.45) is -1.31. The summed E-state index contributed by atoms with van der Waals surface area (Å²) in [6.45, 7) is 9.43. The first-order valence-electron chi connectivity index (χ1n) is 6.96. The number of halogens is 1. The van der Waals surface area contributed by atoms with Crippen LogP contribution in [0, 0.1) is 12.7 Å². The predicted octanol–water partition coefficient (Wildman–Crippen LogP) is 2.07. The van der Waals surface area contributed by atoms with Gasteiger partial charge in [-0.05, 0) is 40.2 Å². The Labute approximate surface area is 125 Å². The minimum absolute atomic E-state index is 0.0767. The van der Waals surface area contributed by atoms with Crippen molar-refractivity contribution in [3.05, 3.63) is 29.1 Å². The Morgan fingerprint density at radius 3 is 2.19 bits per heavy atom. The summed E-state index contributed by atoms with van der Waals surface area (Å²) in [5.41, 5.74) is -0.00752. The van der Waals surface area contributed by atoms with Gasteiger partial charge in [0.15, 0.2) is 6.29 Å². The largest absolute Gasteiger partial charge is 0.498 e. The van der Waals surface area contributed by atoms with Crippen molar-refractivity contribution >= 4 is 12.6 Å². The van der Waals surface area contributed by atoms with Crippen LogP contribution in [-0.2, 0) is 14.0 Å². The van der Waals surface area contributed by atoms with E-state index in [9.17, 15) is 9.50 Å². The Bertz CT molecular complexity index is 529. The number of rotatable bonds is 3. The number of hydrogen-bond acceptors (Lipinski definition) is 4. The fraction of sp³-hybridized carbons (Fsp3) is 0.600. The molecule has 0 spiro atoms. The Morgan fingerprint density at radius 1 is 1.19 bits per heavy atom. The second-order valence-electron chi connectivity index (χ2n) is 6.38. The summed E-state index contributed by atoms with van der Waals surface area (Å²) >= 11 is 0. The van der Waals surface area contributed by atoms with E-state index in [0.29, 0.717) is 11.0 Å². The van der Waals surface area contributed by atoms with Crippen LogP contribution in [0.5, 0.6) is 0 Å². The maximum absolute atomic E-state index is 14.7. The number of ether oxygens (including phenoxy) is 1. The van der Waals surface area contributed by atoms with Gasteiger partial charge in [-0.15, -0.1) is 0 Å². The van der Waals surface area contributed by atoms with Crippen LogP contribution in [-0.4, -0.2) is 30.5 Å². The molecule has 2 rings (SSSR count). The normalized spacial score (nSPS) is 21.6. The Kier molecular flexibility index (Phi) is 4.19. The first-order valence-corrected chi connectivity index (χ1v) is 6.96. The summed E-state index contributed by atoms with van der Waals surface area (Å²) in [6, 6.07) is 3.23. The molecule has 21 heavy (non-hydrogen) atoms. The Balaban J connectivity index is 2.46. The molecule has 0 bridgehead atoms. The van der Waals surface area contributed by atoms with Crippen molar-refractivity contribution < 1.29 is 23.5 Å². The number of aliphatic hydroxyl groups excluding tert-OH is 1. The van der Waals surface area contributed by atoms with Crippen molar-refractivity contribution in [1.29, 1.82) is 0 Å². The summed E-state index contributed by atoms with van der Waals surface area (Å²) in [4.78, 5) is 0. The van der Waals surface area contributed by atoms with Gasteiger partial charge in [-0.3, -0.25) is 0 Å². The highest BCUT2D eigenvalue weighted by Gasteiger charge is 2.53. The van der Waals surface area contributed by atoms with Crippen molar-refractivity contribution in [3.8, 4) is 0 Å². The van der Waals surface area contributed by atoms with Crippen LogP contribution < -0.4 is 5.46 Å². The van der Waals surface area contributed by atoms with Crippen molar-refractivity contribution in [2.45, 2.75) is 52.1 Å². The molecule has 0 aromatic heterocycles. The molecule has 1 fully saturated rings. The van der Waals surface area contributed by atoms with E-state index in [1.165, 1.54) is 13.2 Å². The minimum Gasteiger partial charge on any atom is -0.399 e. The van der Waals surface area contributed by atoms with Crippen LogP contribution in [0.15, 0.2) is 12.1 Å². The van der Waals surface area contributed by atoms with E-state index in [2.05, 4.69) is 0 Å². The first-order chi connectivity index (χ1) is 9.60. The van der Waals surface area contributed by atoms with Gasteiger partial charge >= 0.3 is 7.12 Å². The third kappa shape index (κ3) is 2.73. The highest BCUT2D eigenvalue weighted by molar-refractivity contribution is 6.62. The van der Waals surface area contributed by atoms with E-state index >= 15 is 0 Å². The zero-order chi connectivity index (χ0) is 16.0. The Morgan fingerprint density at radius 2 is 1.71 bits per heavy atom. The third-order valence-electron chi connectivity index (χ3n) is 4.41. The van der Waals surface area contributed by atoms with E-state index in [4.69, 9.17) is 14.0 Å². The molecular weight excluding hydrogens is 274 g/mol. The molecule has 4 nitrogen and oxygen atoms in total. The number of aryl methyl sites for hydroxylation is 1. The van der Waals surface area contributed by atoms with Gasteiger partial charge in [0.2, 0.25) is 0 Å². The maximum Gasteiger partial charge on any atom is 0.498 e. The molecule has 1 atom stereocenters. The van der Waals surface area contributed by atoms with Gasteiger partial charge in [-0.25, -0.2) is 4.39 Å². The minimum atomic E-state index is -1.31. The smallest absolute Gasteiger partial charge is 0.399 e. The molecule has 0 radical (unpaired) electrons. The molecule has 0 saturated carbocycles. The number of aliphatic hydroxyl groups is 1. The fourth-order valence-electron chi connectivity index (χ4n) is 2.27. The molecule has 0 aliphatic carbocycles. The van der Waals surface area contributed by atoms with Crippen LogP contribution in [0.2, 0.25) is 0 Å². The average molecular weight is 296 g/mol. The van der Waals surface area contributed by atoms with Gasteiger partial charge in [0.1, 0.15) is 5.82 Å². The molecule has 116 valence electrons. The molecule has 1 N–H and O–H groups in total. The molecule has 1 heterocycles. The third-order valence-corrected chi connectivity index (χ3v) is 4.41. The van der Waals surface area contributed by atoms with Gasteiger partial charge in [0.05, 0.1) is 11.2 Å². The molecule has 1 unspecified atom stereocenters. The Hall–Kier alpha value is -0.945. The predicted molar refractivity (Wildman–Crippen MR) is 78.8 cm³/mol. The van der Waals surface area contributed by atoms with Gasteiger partial charge in [0, 0.05) is 18.1 Å². The lowest BCUT2D eigenvalue weighted by molar-refractivity contribution is -0.0789. The lowest BCUT2D eigenvalue weighted by atomic mass is 9.75. The molecule has 0 amide bonds. The average Bonchev–Trinajstić information content (AvgIpc) is 2.57. The SMILES string of the molecule is COC(O)c1ccc(C)c(B2OC(C)(C)C(C)(C)O2)c1F. The summed E-state index contributed by atoms with van der Waals surface area (Å²) < 4.78 is 31.3. The number of hydrogen-bond donors (Lipinski definition) is 1. The maximum atomic E-state index is 14.7. The van der Waals surface area contributed by atoms with E-state index in [-0.39, 0.29) is 5.56 Å². The van der Waals surface area contributed by atoms with Crippen molar-refractivity contribution in [2.24, 2.45) is 0 Å². The molecular formula is C15H22BFO4. The molecule has 1 saturated heterocycles. The molecule has 1 aliphatic rings. The highest BCUT2D eigenvalue weighted by Crippen LogP contribution is 2.37. The zero-order valence-electron chi connectivity index (χ0n) is 13.4. The van der Waals surface area contributed by atoms with Gasteiger partial charge in [0.25, 0.3) is 0 Å². The second kappa shape index (κ2) is 5.36. The van der Waals surface area contributed by atoms with E-state index in [1.54, 1.807) is 13.0 Å². The molecule has 1 aliphatic heterocycles. The number of methoxy groups -OCH3 is 1. The van der Waals surface area contributed by atoms with Gasteiger partial charge in [-0.2, -0.15) is 0 Å². The van der Waals surface area contributed by atoms with Crippen molar-refractivity contribution in [3.63, 3.8) is 0 Å². The topological polar surface area (TPSA) is 47.9 Å². The molecule has 1 aromatic carbocycles. The summed E-state index contributed by atoms with van der Waals surface area (Å²) in [5, 5.41) is 9.73. The standard InChI is InChI=1S/C15H22BFO4/c1-9-7-8-10(13(18)19-6)12(17)11(9)16-20-14(2,3)15(4,5)21-16/h7-8,13,18H,1-6H3. The quantitative estimate of drug-likeness (QED) is 0.685. The van der Waals surface area contributed by atoms with Crippen molar-refractivity contribution in [1.82, 2.24) is 0 Å². The summed E-state index contributed by atoms with van der Waals surface area (Å²) in [5.74, 6) is -0.553. The first kappa shape index (κ1) is 16.4. The van der Waals surface area contributed by atoms with E-state index in [1.807, 2.05) is 27.7 Å². The van der Waals surface area contributed by atoms with Crippen molar-refractivity contribution in [2.75, 3.05) is 7.11 Å². The lowest BCUT2D eigenvalue weighted by Gasteiger charge is -2.32. The van der Waals surface area contributed by atoms with Crippen LogP contribution in [0.4, 0.5) is 4.39 Å². The second-order valence-corrected chi connectivity index (χ2v) is 6.38. The number of benzene rings is 1. The van der Waals surface area contributed by atoms with E-state index < -0.39 is 30.4 Å². The van der Waals surface area contributed by atoms with Crippen LogP contribution in [0.25, 0.3) is 0 Å². The van der Waals surface area contributed by atoms with E-state index in [0.717, 1.165) is 0 Å². The van der Waals surface area contributed by atoms with Crippen LogP contribution in [0.3, 0.4) is 0 Å². The summed E-state index contributed by atoms with van der Waals surface area (Å²) in [7, 11) is 0.511. The van der Waals surface area contributed by atoms with Crippen LogP contribution in [0.1, 0.15) is 45.1 Å². The van der Waals surface area contributed by atoms with Gasteiger partial charge in [-0.1, -0.05) is 12.1 Å². The van der Waals surface area contributed by atoms with Crippen LogP contribution >= 0.6 is 0 Å². The highest BCUT2D eigenvalue weighted by atomic mass is 19.1. The zero-order valence-corrected chi connectivity index (χ0v) is 13.4. The van der Waals surface area contributed by atoms with Gasteiger partial charge < -0.3 is 19.2 Å². The monoisotopic (exact) mass is 296 g/mol. The lowest BCUT2D eigenvalue weighted by Crippen LogP contribution is -2.41. The molecule has 6 heteroatoms. The molecule has 1 aromatic rings. The fourth-order valence-corrected chi connectivity index (χ4v) is 2.27.